The lowest BCUT2D eigenvalue weighted by molar-refractivity contribution is -0.140. The van der Waals surface area contributed by atoms with Crippen LogP contribution in [0.25, 0.3) is 6.08 Å². The molecule has 0 aromatic heterocycles. The van der Waals surface area contributed by atoms with E-state index in [-0.39, 0.29) is 12.2 Å². The highest BCUT2D eigenvalue weighted by molar-refractivity contribution is 6.05. The van der Waals surface area contributed by atoms with Gasteiger partial charge >= 0.3 is 5.97 Å². The maximum Gasteiger partial charge on any atom is 0.325 e. The zero-order chi connectivity index (χ0) is 18.1. The van der Waals surface area contributed by atoms with E-state index in [1.165, 1.54) is 13.2 Å². The smallest absolute Gasteiger partial charge is 0.325 e. The van der Waals surface area contributed by atoms with Crippen LogP contribution in [0.1, 0.15) is 15.9 Å². The molecule has 2 rings (SSSR count). The number of rotatable bonds is 6. The van der Waals surface area contributed by atoms with Crippen LogP contribution in [0.2, 0.25) is 0 Å². The zero-order valence-electron chi connectivity index (χ0n) is 13.7. The van der Waals surface area contributed by atoms with Crippen molar-refractivity contribution in [3.63, 3.8) is 0 Å². The molecule has 2 amide bonds. The van der Waals surface area contributed by atoms with Crippen molar-refractivity contribution in [1.82, 2.24) is 10.6 Å². The molecular weight excluding hydrogens is 320 g/mol. The van der Waals surface area contributed by atoms with Crippen LogP contribution < -0.4 is 10.6 Å². The number of hydrogen-bond acceptors (Lipinski definition) is 4. The van der Waals surface area contributed by atoms with Gasteiger partial charge in [-0.1, -0.05) is 48.5 Å². The molecule has 0 aliphatic rings. The van der Waals surface area contributed by atoms with Crippen LogP contribution in [0.15, 0.2) is 66.4 Å². The van der Waals surface area contributed by atoms with Crippen molar-refractivity contribution in [3.05, 3.63) is 77.5 Å². The molecule has 2 aromatic rings. The van der Waals surface area contributed by atoms with Crippen molar-refractivity contribution in [2.75, 3.05) is 13.7 Å². The van der Waals surface area contributed by atoms with E-state index in [4.69, 9.17) is 0 Å². The van der Waals surface area contributed by atoms with E-state index in [1.54, 1.807) is 42.5 Å². The van der Waals surface area contributed by atoms with Crippen molar-refractivity contribution in [3.8, 4) is 0 Å². The fourth-order valence-corrected chi connectivity index (χ4v) is 1.98. The zero-order valence-corrected chi connectivity index (χ0v) is 13.7. The summed E-state index contributed by atoms with van der Waals surface area (Å²) in [5, 5.41) is 5.00. The molecule has 0 heterocycles. The first-order valence-corrected chi connectivity index (χ1v) is 7.58. The number of amides is 2. The standard InChI is InChI=1S/C19H18N2O4/c1-25-17(22)13-20-19(24)16(12-14-8-4-2-5-9-14)21-18(23)15-10-6-3-7-11-15/h2-12H,13H2,1H3,(H,20,24)(H,21,23)/b16-12+. The van der Waals surface area contributed by atoms with Crippen LogP contribution in [-0.2, 0) is 14.3 Å². The van der Waals surface area contributed by atoms with E-state index in [0.717, 1.165) is 5.56 Å². The van der Waals surface area contributed by atoms with Crippen LogP contribution in [0.5, 0.6) is 0 Å². The van der Waals surface area contributed by atoms with E-state index in [1.807, 2.05) is 18.2 Å². The fourth-order valence-electron chi connectivity index (χ4n) is 1.98. The van der Waals surface area contributed by atoms with Gasteiger partial charge in [0.05, 0.1) is 7.11 Å². The number of methoxy groups -OCH3 is 1. The van der Waals surface area contributed by atoms with Crippen molar-refractivity contribution >= 4 is 23.9 Å². The van der Waals surface area contributed by atoms with Gasteiger partial charge in [-0.3, -0.25) is 14.4 Å². The first kappa shape index (κ1) is 17.9. The molecule has 6 heteroatoms. The Morgan fingerprint density at radius 2 is 1.56 bits per heavy atom. The normalized spacial score (nSPS) is 10.7. The number of carbonyl (C=O) groups is 3. The summed E-state index contributed by atoms with van der Waals surface area (Å²) in [5.41, 5.74) is 1.19. The molecule has 25 heavy (non-hydrogen) atoms. The van der Waals surface area contributed by atoms with Crippen LogP contribution in [0.4, 0.5) is 0 Å². The summed E-state index contributed by atoms with van der Waals surface area (Å²) in [7, 11) is 1.23. The molecule has 0 atom stereocenters. The van der Waals surface area contributed by atoms with Crippen molar-refractivity contribution in [1.29, 1.82) is 0 Å². The number of carbonyl (C=O) groups excluding carboxylic acids is 3. The topological polar surface area (TPSA) is 84.5 Å². The monoisotopic (exact) mass is 338 g/mol. The fraction of sp³-hybridized carbons (Fsp3) is 0.105. The molecule has 0 radical (unpaired) electrons. The molecule has 0 unspecified atom stereocenters. The molecule has 0 saturated heterocycles. The summed E-state index contributed by atoms with van der Waals surface area (Å²) in [6.45, 7) is -0.289. The molecule has 2 N–H and O–H groups in total. The minimum Gasteiger partial charge on any atom is -0.468 e. The first-order chi connectivity index (χ1) is 12.1. The summed E-state index contributed by atoms with van der Waals surface area (Å²) in [6.07, 6.45) is 1.54. The van der Waals surface area contributed by atoms with Crippen LogP contribution in [0.3, 0.4) is 0 Å². The van der Waals surface area contributed by atoms with E-state index in [9.17, 15) is 14.4 Å². The predicted molar refractivity (Wildman–Crippen MR) is 93.4 cm³/mol. The quantitative estimate of drug-likeness (QED) is 0.621. The van der Waals surface area contributed by atoms with E-state index in [0.29, 0.717) is 5.56 Å². The lowest BCUT2D eigenvalue weighted by Crippen LogP contribution is -2.37. The Balaban J connectivity index is 2.20. The first-order valence-electron chi connectivity index (χ1n) is 7.58. The molecule has 0 saturated carbocycles. The largest absolute Gasteiger partial charge is 0.468 e. The average molecular weight is 338 g/mol. The highest BCUT2D eigenvalue weighted by atomic mass is 16.5. The number of hydrogen-bond donors (Lipinski definition) is 2. The van der Waals surface area contributed by atoms with E-state index >= 15 is 0 Å². The summed E-state index contributed by atoms with van der Waals surface area (Å²) in [5.74, 6) is -1.59. The second-order valence-electron chi connectivity index (χ2n) is 5.05. The van der Waals surface area contributed by atoms with Gasteiger partial charge in [0.25, 0.3) is 11.8 Å². The van der Waals surface area contributed by atoms with Gasteiger partial charge in [0.2, 0.25) is 0 Å². The van der Waals surface area contributed by atoms with Gasteiger partial charge in [0.15, 0.2) is 0 Å². The third kappa shape index (κ3) is 5.62. The van der Waals surface area contributed by atoms with E-state index < -0.39 is 17.8 Å². The molecule has 2 aromatic carbocycles. The number of benzene rings is 2. The SMILES string of the molecule is COC(=O)CNC(=O)/C(=C\c1ccccc1)NC(=O)c1ccccc1. The van der Waals surface area contributed by atoms with Gasteiger partial charge in [-0.25, -0.2) is 0 Å². The van der Waals surface area contributed by atoms with E-state index in [2.05, 4.69) is 15.4 Å². The number of ether oxygens (including phenoxy) is 1. The van der Waals surface area contributed by atoms with Gasteiger partial charge < -0.3 is 15.4 Å². The van der Waals surface area contributed by atoms with Crippen molar-refractivity contribution in [2.24, 2.45) is 0 Å². The summed E-state index contributed by atoms with van der Waals surface area (Å²) in [4.78, 5) is 35.9. The lowest BCUT2D eigenvalue weighted by atomic mass is 10.1. The molecule has 0 aliphatic carbocycles. The summed E-state index contributed by atoms with van der Waals surface area (Å²) < 4.78 is 4.49. The Morgan fingerprint density at radius 3 is 2.16 bits per heavy atom. The average Bonchev–Trinajstić information content (AvgIpc) is 2.66. The summed E-state index contributed by atoms with van der Waals surface area (Å²) >= 11 is 0. The van der Waals surface area contributed by atoms with Gasteiger partial charge in [-0.05, 0) is 23.8 Å². The highest BCUT2D eigenvalue weighted by Crippen LogP contribution is 2.07. The van der Waals surface area contributed by atoms with Gasteiger partial charge in [-0.15, -0.1) is 0 Å². The van der Waals surface area contributed by atoms with Crippen LogP contribution >= 0.6 is 0 Å². The molecule has 128 valence electrons. The Bertz CT molecular complexity index is 771. The minimum atomic E-state index is -0.585. The molecule has 0 spiro atoms. The maximum atomic E-state index is 12.3. The predicted octanol–water partition coefficient (Wildman–Crippen LogP) is 1.75. The highest BCUT2D eigenvalue weighted by Gasteiger charge is 2.15. The Morgan fingerprint density at radius 1 is 0.960 bits per heavy atom. The Labute approximate surface area is 145 Å². The second-order valence-corrected chi connectivity index (χ2v) is 5.05. The molecule has 0 bridgehead atoms. The molecule has 0 fully saturated rings. The van der Waals surface area contributed by atoms with Gasteiger partial charge in [0, 0.05) is 5.56 Å². The molecular formula is C19H18N2O4. The summed E-state index contributed by atoms with van der Waals surface area (Å²) in [6, 6.07) is 17.6. The Kier molecular flexibility index (Phi) is 6.47. The van der Waals surface area contributed by atoms with Crippen molar-refractivity contribution < 1.29 is 19.1 Å². The van der Waals surface area contributed by atoms with Crippen molar-refractivity contribution in [2.45, 2.75) is 0 Å². The number of esters is 1. The third-order valence-electron chi connectivity index (χ3n) is 3.26. The van der Waals surface area contributed by atoms with Gasteiger partial charge in [0.1, 0.15) is 12.2 Å². The second kappa shape index (κ2) is 9.02. The minimum absolute atomic E-state index is 0.0314. The van der Waals surface area contributed by atoms with Crippen LogP contribution in [0, 0.1) is 0 Å². The molecule has 6 nitrogen and oxygen atoms in total. The van der Waals surface area contributed by atoms with Gasteiger partial charge in [-0.2, -0.15) is 0 Å². The lowest BCUT2D eigenvalue weighted by Gasteiger charge is -2.10. The Hall–Kier alpha value is -3.41. The molecule has 0 aliphatic heterocycles. The van der Waals surface area contributed by atoms with Crippen LogP contribution in [-0.4, -0.2) is 31.4 Å². The maximum absolute atomic E-state index is 12.3. The number of nitrogens with one attached hydrogen (secondary N) is 2. The third-order valence-corrected chi connectivity index (χ3v) is 3.26.